The number of carboxylic acids is 16. The molecule has 48 nitrogen and oxygen atoms in total. The van der Waals surface area contributed by atoms with Gasteiger partial charge >= 0.3 is 95.5 Å². The van der Waals surface area contributed by atoms with Gasteiger partial charge in [-0.1, -0.05) is 0 Å². The summed E-state index contributed by atoms with van der Waals surface area (Å²) >= 11 is 0. The Morgan fingerprint density at radius 2 is 0.458 bits per heavy atom. The maximum Gasteiger partial charge on any atom is 0.335 e. The van der Waals surface area contributed by atoms with Crippen LogP contribution in [0.1, 0.15) is 189 Å². The van der Waals surface area contributed by atoms with Gasteiger partial charge < -0.3 is 130 Å². The summed E-state index contributed by atoms with van der Waals surface area (Å²) < 4.78 is 51.2. The average molecular weight is 1960 g/mol. The molecule has 10 aromatic carbocycles. The van der Waals surface area contributed by atoms with Crippen molar-refractivity contribution in [1.29, 1.82) is 0 Å². The van der Waals surface area contributed by atoms with Crippen LogP contribution in [0.2, 0.25) is 0 Å². The van der Waals surface area contributed by atoms with Crippen molar-refractivity contribution in [3.05, 3.63) is 329 Å². The first-order chi connectivity index (χ1) is 68.3. The summed E-state index contributed by atoms with van der Waals surface area (Å²) in [5.74, 6) is -42.5. The van der Waals surface area contributed by atoms with Crippen LogP contribution in [0.4, 0.5) is 0 Å². The Morgan fingerprint density at radius 1 is 0.222 bits per heavy atom. The predicted molar refractivity (Wildman–Crippen MR) is 475 cm³/mol. The Kier molecular flexibility index (Phi) is 24.0. The van der Waals surface area contributed by atoms with Gasteiger partial charge in [0.25, 0.3) is 0 Å². The summed E-state index contributed by atoms with van der Waals surface area (Å²) in [7, 11) is 0. The summed E-state index contributed by atoms with van der Waals surface area (Å²) in [4.78, 5) is 241. The molecule has 0 radical (unpaired) electrons. The van der Waals surface area contributed by atoms with Crippen LogP contribution < -0.4 is 48.9 Å². The number of aromatic nitrogens is 8. The quantitative estimate of drug-likeness (QED) is 0.0186. The minimum Gasteiger partial charge on any atom is -0.478 e. The molecule has 2 atom stereocenters. The second-order valence-electron chi connectivity index (χ2n) is 31.0. The van der Waals surface area contributed by atoms with Gasteiger partial charge in [0.05, 0.1) is 101 Å². The molecule has 2 aliphatic carbocycles. The van der Waals surface area contributed by atoms with E-state index in [0.29, 0.717) is 0 Å². The molecular formula is C96H52N8O40. The fraction of sp³-hybridized carbons (Fsp3) is 0.0208. The van der Waals surface area contributed by atoms with Crippen molar-refractivity contribution in [3.63, 3.8) is 0 Å². The number of fused-ring (bicyclic) bond motifs is 18. The van der Waals surface area contributed by atoms with Crippen molar-refractivity contribution in [2.75, 3.05) is 0 Å². The molecular weight excluding hydrogens is 1910 g/mol. The number of nitrogens with zero attached hydrogens (tertiary/aromatic N) is 6. The Bertz CT molecular complexity index is 8230. The number of carbonyl (C=O) groups is 16. The molecule has 5 aliphatic rings. The van der Waals surface area contributed by atoms with E-state index in [1.54, 1.807) is 0 Å². The maximum absolute atomic E-state index is 12.8. The molecule has 0 spiro atoms. The molecule has 48 heteroatoms. The van der Waals surface area contributed by atoms with E-state index >= 15 is 0 Å². The van der Waals surface area contributed by atoms with Gasteiger partial charge in [-0.3, -0.25) is 0 Å². The molecule has 2 unspecified atom stereocenters. The number of carboxylic acid groups (broad SMARTS) is 16. The smallest absolute Gasteiger partial charge is 0.335 e. The van der Waals surface area contributed by atoms with Crippen molar-refractivity contribution in [1.82, 2.24) is 39.9 Å². The van der Waals surface area contributed by atoms with Gasteiger partial charge in [0.15, 0.2) is 63.2 Å². The van der Waals surface area contributed by atoms with E-state index in [9.17, 15) is 158 Å². The zero-order chi connectivity index (χ0) is 103. The van der Waals surface area contributed by atoms with E-state index < -0.39 is 334 Å². The minimum absolute atomic E-state index is 0.209. The third-order valence-electron chi connectivity index (χ3n) is 21.5. The fourth-order valence-corrected chi connectivity index (χ4v) is 15.0. The zero-order valence-corrected chi connectivity index (χ0v) is 71.3. The molecule has 2 aromatic heterocycles. The van der Waals surface area contributed by atoms with Crippen molar-refractivity contribution < 1.29 is 196 Å². The number of hydrogen-bond donors (Lipinski definition) is 18. The molecule has 5 heterocycles. The lowest BCUT2D eigenvalue weighted by Gasteiger charge is -2.23. The number of rotatable bonds is 32. The van der Waals surface area contributed by atoms with Crippen LogP contribution in [0.25, 0.3) is 56.0 Å². The molecule has 0 saturated carbocycles. The van der Waals surface area contributed by atoms with Crippen molar-refractivity contribution in [2.24, 2.45) is 0 Å². The Morgan fingerprint density at radius 3 is 0.736 bits per heavy atom. The average Bonchev–Trinajstić information content (AvgIpc) is 1.58. The van der Waals surface area contributed by atoms with Crippen LogP contribution in [0, 0.1) is 0 Å². The molecule has 17 rings (SSSR count). The largest absolute Gasteiger partial charge is 0.478 e. The van der Waals surface area contributed by atoms with Crippen molar-refractivity contribution in [2.45, 2.75) is 11.8 Å². The van der Waals surface area contributed by atoms with Crippen LogP contribution in [0.3, 0.4) is 0 Å². The number of ether oxygens (including phenoxy) is 8. The Balaban J connectivity index is 1.04. The molecule has 0 amide bonds. The minimum atomic E-state index is -1.71. The van der Waals surface area contributed by atoms with Crippen LogP contribution in [0.15, 0.2) is 217 Å². The number of nitrogens with one attached hydrogen (secondary N) is 2. The Labute approximate surface area is 793 Å². The molecule has 8 bridgehead atoms. The number of aromatic carboxylic acids is 16. The van der Waals surface area contributed by atoms with E-state index in [0.717, 1.165) is 194 Å². The highest BCUT2D eigenvalue weighted by atomic mass is 16.6. The molecule has 12 aromatic rings. The third kappa shape index (κ3) is 19.2. The van der Waals surface area contributed by atoms with E-state index in [2.05, 4.69) is 9.97 Å². The lowest BCUT2D eigenvalue weighted by molar-refractivity contribution is 0.0675. The van der Waals surface area contributed by atoms with Crippen LogP contribution in [-0.4, -0.2) is 217 Å². The monoisotopic (exact) mass is 1960 g/mol. The molecule has 0 fully saturated rings. The standard InChI is InChI=1S/C96H52N8O40/c105-81(106)33-1-34(82(107)108)10-49(9-33)137-65-25-57-58(26-66(65)138-50-11-35(83(109)110)2-36(12-50)84(111)112)74-97-73(57)101-75-59-27-67(139-51-13-37(85(113)114)3-38(14-51)86(115)116)68(140-52-15-39(87(117)118)4-40(16-52)88(119)120)28-60(59)77(98-75)103-79-63-31-71(143-55-21-45(93(129)130)7-46(22-55)94(131)132)72(144-56-23-47(95(133)134)8-48(24-56)96(135)136)32-64(63)80(100-79)104-78-62-30-70(142-54-19-43(91(125)126)6-44(20-54)92(127)128)69(29-61(62)76(99-78)102-74)141-53-17-41(89(121)122)5-42(18-53)90(123)124/h1-32,57,59H,(H,105,106)(H,107,108)(H,109,110)(H,111,112)(H,113,114)(H,115,116)(H,117,118)(H,119,120)(H,121,122)(H,123,124)(H,125,126)(H,127,128)(H,129,130)(H,131,132)(H,133,134)(H,135,136)(H,97,98,101)(H,99,100,102,103,104). The van der Waals surface area contributed by atoms with Gasteiger partial charge in [-0.2, -0.15) is 0 Å². The second-order valence-corrected chi connectivity index (χ2v) is 31.0. The third-order valence-corrected chi connectivity index (χ3v) is 21.5. The number of hydrogen-bond acceptors (Lipinski definition) is 30. The highest BCUT2D eigenvalue weighted by Gasteiger charge is 2.38. The first kappa shape index (κ1) is 94.0. The predicted octanol–water partition coefficient (Wildman–Crippen LogP) is 12.2. The van der Waals surface area contributed by atoms with Gasteiger partial charge in [-0.25, -0.2) is 107 Å². The van der Waals surface area contributed by atoms with E-state index in [4.69, 9.17) is 67.8 Å². The number of allylic oxidation sites excluding steroid dienone is 4. The SMILES string of the molecule is O=C(O)c1cc(OC2=CC3=c4nc(nc5[nH]c(nc6nc(nc7[nH]c(n4)c4cc(Oc8cc(C(=O)O)cc(C(=O)O)c8)c(Oc8cc(C(=O)O)cc(C(=O)O)c8)cc74)-c4cc(Oc7cc(C(=O)O)cc(C(=O)O)c7)c(Oc7cc(C(=O)O)cc(C(=O)O)c7)cc4-6)=C4C=C(Oc6cc(C(=O)O)cc(C(=O)O)c6)C(Oc6cc(C(=O)O)cc(C(=O)O)c6)=CC45)C3C=C2Oc2cc(C(=O)O)cc(C(=O)O)c2)cc(C(=O)O)c1. The van der Waals surface area contributed by atoms with E-state index in [1.807, 2.05) is 0 Å². The second kappa shape index (κ2) is 36.8. The maximum atomic E-state index is 12.8. The van der Waals surface area contributed by atoms with Crippen molar-refractivity contribution in [3.8, 4) is 91.8 Å². The molecule has 18 N–H and O–H groups in total. The summed E-state index contributed by atoms with van der Waals surface area (Å²) in [5, 5.41) is 165. The van der Waals surface area contributed by atoms with Gasteiger partial charge in [-0.15, -0.1) is 0 Å². The number of aromatic amines is 2. The summed E-state index contributed by atoms with van der Waals surface area (Å²) in [6, 6.07) is 23.8. The van der Waals surface area contributed by atoms with Gasteiger partial charge in [-0.05, 0) is 194 Å². The zero-order valence-electron chi connectivity index (χ0n) is 71.3. The molecule has 3 aliphatic heterocycles. The summed E-state index contributed by atoms with van der Waals surface area (Å²) in [5.41, 5.74) is -14.4. The van der Waals surface area contributed by atoms with E-state index in [-0.39, 0.29) is 33.0 Å². The first-order valence-corrected chi connectivity index (χ1v) is 40.5. The number of H-pyrrole nitrogens is 2. The lowest BCUT2D eigenvalue weighted by atomic mass is 9.92. The van der Waals surface area contributed by atoms with Crippen LogP contribution >= 0.6 is 0 Å². The normalized spacial score (nSPS) is 13.3. The number of benzene rings is 10. The highest BCUT2D eigenvalue weighted by Crippen LogP contribution is 2.49. The first-order valence-electron chi connectivity index (χ1n) is 40.5. The lowest BCUT2D eigenvalue weighted by Crippen LogP contribution is -2.17. The van der Waals surface area contributed by atoms with Gasteiger partial charge in [0.1, 0.15) is 74.4 Å². The highest BCUT2D eigenvalue weighted by molar-refractivity contribution is 6.08. The van der Waals surface area contributed by atoms with Gasteiger partial charge in [0, 0.05) is 33.0 Å². The van der Waals surface area contributed by atoms with Crippen LogP contribution in [-0.2, 0) is 0 Å². The van der Waals surface area contributed by atoms with Crippen molar-refractivity contribution >= 4 is 129 Å². The fourth-order valence-electron chi connectivity index (χ4n) is 15.0. The van der Waals surface area contributed by atoms with E-state index in [1.165, 1.54) is 0 Å². The topological polar surface area (TPSA) is 780 Å². The summed E-state index contributed by atoms with van der Waals surface area (Å²) in [6.45, 7) is 0. The Hall–Kier alpha value is -21.8. The molecule has 0 saturated heterocycles. The van der Waals surface area contributed by atoms with Gasteiger partial charge in [0.2, 0.25) is 0 Å². The summed E-state index contributed by atoms with van der Waals surface area (Å²) in [6.07, 6.45) is 4.47. The van der Waals surface area contributed by atoms with Crippen LogP contribution in [0.5, 0.6) is 69.0 Å². The molecule has 716 valence electrons. The molecule has 144 heavy (non-hydrogen) atoms.